The van der Waals surface area contributed by atoms with Gasteiger partial charge in [-0.2, -0.15) is 0 Å². The van der Waals surface area contributed by atoms with Gasteiger partial charge in [0.1, 0.15) is 22.8 Å². The van der Waals surface area contributed by atoms with Crippen molar-refractivity contribution in [3.8, 4) is 0 Å². The molecule has 0 atom stereocenters. The number of carbonyl (C=O) groups excluding carboxylic acids is 2. The molecule has 0 spiro atoms. The number of rotatable bonds is 3. The van der Waals surface area contributed by atoms with Gasteiger partial charge in [0.05, 0.1) is 11.6 Å². The van der Waals surface area contributed by atoms with E-state index in [0.29, 0.717) is 28.8 Å². The molecule has 0 radical (unpaired) electrons. The van der Waals surface area contributed by atoms with Gasteiger partial charge in [-0.1, -0.05) is 6.07 Å². The van der Waals surface area contributed by atoms with Crippen LogP contribution in [0.4, 0.5) is 10.2 Å². The zero-order valence-corrected chi connectivity index (χ0v) is 18.3. The summed E-state index contributed by atoms with van der Waals surface area (Å²) in [6, 6.07) is 6.47. The summed E-state index contributed by atoms with van der Waals surface area (Å²) in [5, 5.41) is 0. The summed E-state index contributed by atoms with van der Waals surface area (Å²) in [7, 11) is 1.23. The zero-order chi connectivity index (χ0) is 21.3. The first-order valence-electron chi connectivity index (χ1n) is 9.14. The van der Waals surface area contributed by atoms with Crippen molar-refractivity contribution in [1.82, 2.24) is 4.98 Å². The normalized spacial score (nSPS) is 13.7. The molecule has 0 bridgehead atoms. The lowest BCUT2D eigenvalue weighted by Gasteiger charge is -2.31. The standard InChI is InChI=1S/C21H22BrFN2O4/c1-21(2,3)29-20(27)18-14(22)6-8-16(24-18)25-10-9-12-5-7-15(23)17(13(12)11-25)19(26)28-4/h5-8H,9-11H2,1-4H3. The lowest BCUT2D eigenvalue weighted by molar-refractivity contribution is 0.00616. The predicted molar refractivity (Wildman–Crippen MR) is 110 cm³/mol. The highest BCUT2D eigenvalue weighted by Crippen LogP contribution is 2.30. The molecule has 1 aliphatic rings. The van der Waals surface area contributed by atoms with Crippen LogP contribution in [-0.4, -0.2) is 36.2 Å². The van der Waals surface area contributed by atoms with Crippen molar-refractivity contribution in [2.75, 3.05) is 18.6 Å². The summed E-state index contributed by atoms with van der Waals surface area (Å²) in [5.74, 6) is -1.32. The molecule has 0 saturated carbocycles. The molecule has 0 aliphatic carbocycles. The van der Waals surface area contributed by atoms with Crippen molar-refractivity contribution in [2.24, 2.45) is 0 Å². The third-order valence-electron chi connectivity index (χ3n) is 4.50. The summed E-state index contributed by atoms with van der Waals surface area (Å²) < 4.78 is 25.0. The number of hydrogen-bond donors (Lipinski definition) is 0. The Morgan fingerprint density at radius 3 is 2.55 bits per heavy atom. The predicted octanol–water partition coefficient (Wildman–Crippen LogP) is 4.29. The quantitative estimate of drug-likeness (QED) is 0.631. The maximum absolute atomic E-state index is 14.3. The van der Waals surface area contributed by atoms with Crippen LogP contribution in [0.2, 0.25) is 0 Å². The fraction of sp³-hybridized carbons (Fsp3) is 0.381. The lowest BCUT2D eigenvalue weighted by atomic mass is 9.94. The number of fused-ring (bicyclic) bond motifs is 1. The topological polar surface area (TPSA) is 68.7 Å². The monoisotopic (exact) mass is 464 g/mol. The Morgan fingerprint density at radius 1 is 1.17 bits per heavy atom. The van der Waals surface area contributed by atoms with Crippen LogP contribution in [0.1, 0.15) is 52.7 Å². The summed E-state index contributed by atoms with van der Waals surface area (Å²) in [6.07, 6.45) is 0.610. The molecule has 2 aromatic rings. The molecule has 1 aromatic heterocycles. The van der Waals surface area contributed by atoms with Crippen LogP contribution < -0.4 is 4.90 Å². The molecular weight excluding hydrogens is 443 g/mol. The Bertz CT molecular complexity index is 972. The van der Waals surface area contributed by atoms with E-state index >= 15 is 0 Å². The summed E-state index contributed by atoms with van der Waals surface area (Å²) in [5.41, 5.74) is 0.930. The maximum atomic E-state index is 14.3. The number of methoxy groups -OCH3 is 1. The number of carbonyl (C=O) groups is 2. The maximum Gasteiger partial charge on any atom is 0.358 e. The van der Waals surface area contributed by atoms with Gasteiger partial charge in [0.2, 0.25) is 0 Å². The summed E-state index contributed by atoms with van der Waals surface area (Å²) in [4.78, 5) is 31.0. The van der Waals surface area contributed by atoms with E-state index < -0.39 is 23.4 Å². The van der Waals surface area contributed by atoms with Crippen LogP contribution in [0.5, 0.6) is 0 Å². The Balaban J connectivity index is 1.95. The van der Waals surface area contributed by atoms with Crippen molar-refractivity contribution < 1.29 is 23.5 Å². The number of aromatic nitrogens is 1. The molecule has 2 heterocycles. The molecule has 8 heteroatoms. The highest BCUT2D eigenvalue weighted by Gasteiger charge is 2.28. The molecule has 0 amide bonds. The van der Waals surface area contributed by atoms with Gasteiger partial charge in [0.25, 0.3) is 0 Å². The molecule has 154 valence electrons. The minimum absolute atomic E-state index is 0.0563. The molecule has 1 aliphatic heterocycles. The van der Waals surface area contributed by atoms with E-state index in [1.807, 2.05) is 4.90 Å². The average molecular weight is 465 g/mol. The number of benzene rings is 1. The fourth-order valence-electron chi connectivity index (χ4n) is 3.20. The van der Waals surface area contributed by atoms with E-state index in [9.17, 15) is 14.0 Å². The Kier molecular flexibility index (Phi) is 5.93. The summed E-state index contributed by atoms with van der Waals surface area (Å²) >= 11 is 3.35. The molecule has 3 rings (SSSR count). The fourth-order valence-corrected chi connectivity index (χ4v) is 3.58. The molecule has 0 saturated heterocycles. The van der Waals surface area contributed by atoms with Crippen LogP contribution in [0.3, 0.4) is 0 Å². The Morgan fingerprint density at radius 2 is 1.90 bits per heavy atom. The van der Waals surface area contributed by atoms with E-state index in [1.54, 1.807) is 39.0 Å². The van der Waals surface area contributed by atoms with Gasteiger partial charge in [-0.25, -0.2) is 19.0 Å². The van der Waals surface area contributed by atoms with Crippen molar-refractivity contribution in [2.45, 2.75) is 39.3 Å². The minimum atomic E-state index is -0.709. The number of anilines is 1. The lowest BCUT2D eigenvalue weighted by Crippen LogP contribution is -2.33. The van der Waals surface area contributed by atoms with Crippen molar-refractivity contribution in [3.63, 3.8) is 0 Å². The first kappa shape index (κ1) is 21.2. The highest BCUT2D eigenvalue weighted by atomic mass is 79.9. The van der Waals surface area contributed by atoms with Crippen molar-refractivity contribution >= 4 is 33.7 Å². The van der Waals surface area contributed by atoms with Crippen LogP contribution in [0, 0.1) is 5.82 Å². The Labute approximate surface area is 177 Å². The van der Waals surface area contributed by atoms with Crippen molar-refractivity contribution in [3.05, 3.63) is 56.9 Å². The molecule has 0 unspecified atom stereocenters. The smallest absolute Gasteiger partial charge is 0.358 e. The number of pyridine rings is 1. The van der Waals surface area contributed by atoms with Crippen LogP contribution in [0.15, 0.2) is 28.7 Å². The largest absolute Gasteiger partial charge is 0.465 e. The highest BCUT2D eigenvalue weighted by molar-refractivity contribution is 9.10. The summed E-state index contributed by atoms with van der Waals surface area (Å²) in [6.45, 7) is 6.24. The van der Waals surface area contributed by atoms with E-state index in [2.05, 4.69) is 20.9 Å². The first-order valence-corrected chi connectivity index (χ1v) is 9.93. The van der Waals surface area contributed by atoms with Gasteiger partial charge in [0, 0.05) is 13.1 Å². The zero-order valence-electron chi connectivity index (χ0n) is 16.7. The van der Waals surface area contributed by atoms with E-state index in [-0.39, 0.29) is 17.8 Å². The molecule has 29 heavy (non-hydrogen) atoms. The second kappa shape index (κ2) is 8.10. The van der Waals surface area contributed by atoms with Gasteiger partial charge in [-0.05, 0) is 72.4 Å². The van der Waals surface area contributed by atoms with E-state index in [4.69, 9.17) is 9.47 Å². The van der Waals surface area contributed by atoms with Crippen LogP contribution in [-0.2, 0) is 22.4 Å². The van der Waals surface area contributed by atoms with Gasteiger partial charge in [-0.3, -0.25) is 0 Å². The van der Waals surface area contributed by atoms with Crippen molar-refractivity contribution in [1.29, 1.82) is 0 Å². The number of ether oxygens (including phenoxy) is 2. The Hall–Kier alpha value is -2.48. The third kappa shape index (κ3) is 4.58. The van der Waals surface area contributed by atoms with Gasteiger partial charge >= 0.3 is 11.9 Å². The minimum Gasteiger partial charge on any atom is -0.465 e. The number of halogens is 2. The van der Waals surface area contributed by atoms with Gasteiger partial charge < -0.3 is 14.4 Å². The SMILES string of the molecule is COC(=O)c1c(F)ccc2c1CN(c1ccc(Br)c(C(=O)OC(C)(C)C)n1)CC2. The molecule has 0 N–H and O–H groups in total. The third-order valence-corrected chi connectivity index (χ3v) is 5.14. The van der Waals surface area contributed by atoms with Gasteiger partial charge in [-0.15, -0.1) is 0 Å². The van der Waals surface area contributed by atoms with Gasteiger partial charge in [0.15, 0.2) is 5.69 Å². The molecule has 6 nitrogen and oxygen atoms in total. The number of nitrogens with zero attached hydrogens (tertiary/aromatic N) is 2. The molecule has 0 fully saturated rings. The average Bonchev–Trinajstić information content (AvgIpc) is 2.66. The van der Waals surface area contributed by atoms with E-state index in [1.165, 1.54) is 13.2 Å². The number of hydrogen-bond acceptors (Lipinski definition) is 6. The first-order chi connectivity index (χ1) is 13.6. The molecule has 1 aromatic carbocycles. The molecular formula is C21H22BrFN2O4. The second-order valence-electron chi connectivity index (χ2n) is 7.72. The second-order valence-corrected chi connectivity index (χ2v) is 8.58. The van der Waals surface area contributed by atoms with E-state index in [0.717, 1.165) is 5.56 Å². The van der Waals surface area contributed by atoms with Crippen LogP contribution >= 0.6 is 15.9 Å². The number of esters is 2. The van der Waals surface area contributed by atoms with Crippen LogP contribution in [0.25, 0.3) is 0 Å².